The summed E-state index contributed by atoms with van der Waals surface area (Å²) in [5.41, 5.74) is 5.89. The van der Waals surface area contributed by atoms with E-state index >= 15 is 0 Å². The summed E-state index contributed by atoms with van der Waals surface area (Å²) in [7, 11) is 0. The monoisotopic (exact) mass is 184 g/mol. The second kappa shape index (κ2) is 4.43. The maximum atomic E-state index is 5.88. The average Bonchev–Trinajstić information content (AvgIpc) is 2.63. The highest BCUT2D eigenvalue weighted by atomic mass is 14.9. The van der Waals surface area contributed by atoms with E-state index in [4.69, 9.17) is 5.73 Å². The lowest BCUT2D eigenvalue weighted by atomic mass is 10.0. The van der Waals surface area contributed by atoms with Crippen LogP contribution >= 0.6 is 0 Å². The van der Waals surface area contributed by atoms with E-state index in [1.54, 1.807) is 0 Å². The minimum atomic E-state index is 0.00848. The lowest BCUT2D eigenvalue weighted by molar-refractivity contribution is 0.445. The first kappa shape index (κ1) is 11.0. The third-order valence-electron chi connectivity index (χ3n) is 2.86. The molecule has 3 N–H and O–H groups in total. The normalized spacial score (nSPS) is 27.7. The van der Waals surface area contributed by atoms with Crippen molar-refractivity contribution < 1.29 is 0 Å². The highest BCUT2D eigenvalue weighted by molar-refractivity contribution is 4.84. The lowest BCUT2D eigenvalue weighted by Crippen LogP contribution is -2.33. The van der Waals surface area contributed by atoms with E-state index in [-0.39, 0.29) is 5.54 Å². The Morgan fingerprint density at radius 2 is 2.08 bits per heavy atom. The van der Waals surface area contributed by atoms with Gasteiger partial charge in [0.2, 0.25) is 0 Å². The summed E-state index contributed by atoms with van der Waals surface area (Å²) < 4.78 is 0. The van der Waals surface area contributed by atoms with Crippen LogP contribution < -0.4 is 11.1 Å². The maximum Gasteiger partial charge on any atom is 0.00975 e. The number of nitrogens with one attached hydrogen (secondary N) is 1. The van der Waals surface area contributed by atoms with Gasteiger partial charge in [-0.2, -0.15) is 0 Å². The van der Waals surface area contributed by atoms with Crippen LogP contribution in [0.15, 0.2) is 0 Å². The molecule has 0 saturated heterocycles. The fourth-order valence-electron chi connectivity index (χ4n) is 1.64. The highest BCUT2D eigenvalue weighted by Gasteiger charge is 2.31. The molecule has 0 heterocycles. The fraction of sp³-hybridized carbons (Fsp3) is 1.00. The number of hydrogen-bond donors (Lipinski definition) is 2. The molecule has 0 aromatic carbocycles. The molecule has 0 bridgehead atoms. The van der Waals surface area contributed by atoms with Gasteiger partial charge in [-0.1, -0.05) is 6.92 Å². The van der Waals surface area contributed by atoms with Crippen LogP contribution in [-0.2, 0) is 0 Å². The number of hydrogen-bond acceptors (Lipinski definition) is 2. The van der Waals surface area contributed by atoms with E-state index in [0.29, 0.717) is 0 Å². The van der Waals surface area contributed by atoms with E-state index < -0.39 is 0 Å². The molecule has 1 rings (SSSR count). The molecule has 0 aromatic heterocycles. The fourth-order valence-corrected chi connectivity index (χ4v) is 1.64. The van der Waals surface area contributed by atoms with Crippen molar-refractivity contribution in [2.24, 2.45) is 17.6 Å². The Bertz CT molecular complexity index is 149. The molecule has 0 radical (unpaired) electrons. The van der Waals surface area contributed by atoms with E-state index in [1.165, 1.54) is 19.4 Å². The molecular weight excluding hydrogens is 160 g/mol. The van der Waals surface area contributed by atoms with Crippen LogP contribution in [0, 0.1) is 11.8 Å². The second-order valence-electron chi connectivity index (χ2n) is 5.27. The van der Waals surface area contributed by atoms with Crippen LogP contribution in [0.1, 0.15) is 40.0 Å². The number of rotatable bonds is 6. The predicted octanol–water partition coefficient (Wildman–Crippen LogP) is 1.75. The van der Waals surface area contributed by atoms with Crippen LogP contribution in [0.5, 0.6) is 0 Å². The van der Waals surface area contributed by atoms with Gasteiger partial charge in [0.15, 0.2) is 0 Å². The summed E-state index contributed by atoms with van der Waals surface area (Å²) in [5.74, 6) is 1.93. The third-order valence-corrected chi connectivity index (χ3v) is 2.86. The van der Waals surface area contributed by atoms with Crippen LogP contribution in [0.25, 0.3) is 0 Å². The van der Waals surface area contributed by atoms with Gasteiger partial charge in [0, 0.05) is 5.54 Å². The lowest BCUT2D eigenvalue weighted by Gasteiger charge is -2.17. The highest BCUT2D eigenvalue weighted by Crippen LogP contribution is 2.36. The van der Waals surface area contributed by atoms with Crippen molar-refractivity contribution in [1.82, 2.24) is 5.32 Å². The molecule has 0 aliphatic heterocycles. The molecule has 0 aromatic rings. The van der Waals surface area contributed by atoms with Gasteiger partial charge in [-0.25, -0.2) is 0 Å². The van der Waals surface area contributed by atoms with E-state index in [9.17, 15) is 0 Å². The van der Waals surface area contributed by atoms with E-state index in [0.717, 1.165) is 24.8 Å². The van der Waals surface area contributed by atoms with Gasteiger partial charge in [0.1, 0.15) is 0 Å². The van der Waals surface area contributed by atoms with Crippen molar-refractivity contribution in [1.29, 1.82) is 0 Å². The van der Waals surface area contributed by atoms with E-state index in [2.05, 4.69) is 26.1 Å². The zero-order chi connectivity index (χ0) is 9.90. The van der Waals surface area contributed by atoms with Gasteiger partial charge in [-0.3, -0.25) is 0 Å². The van der Waals surface area contributed by atoms with Crippen LogP contribution in [0.2, 0.25) is 0 Å². The molecule has 0 spiro atoms. The zero-order valence-electron chi connectivity index (χ0n) is 9.27. The first-order valence-corrected chi connectivity index (χ1v) is 5.48. The molecule has 2 nitrogen and oxygen atoms in total. The smallest absolute Gasteiger partial charge is 0.00975 e. The van der Waals surface area contributed by atoms with Crippen molar-refractivity contribution >= 4 is 0 Å². The molecule has 2 atom stereocenters. The SMILES string of the molecule is CC1CC1CNCCCC(C)(C)N. The minimum Gasteiger partial charge on any atom is -0.326 e. The Hall–Kier alpha value is -0.0800. The van der Waals surface area contributed by atoms with Crippen molar-refractivity contribution in [2.45, 2.75) is 45.6 Å². The van der Waals surface area contributed by atoms with Crippen LogP contribution in [0.3, 0.4) is 0 Å². The van der Waals surface area contributed by atoms with Crippen molar-refractivity contribution in [2.75, 3.05) is 13.1 Å². The quantitative estimate of drug-likeness (QED) is 0.617. The Labute approximate surface area is 82.3 Å². The van der Waals surface area contributed by atoms with Gasteiger partial charge >= 0.3 is 0 Å². The summed E-state index contributed by atoms with van der Waals surface area (Å²) in [4.78, 5) is 0. The molecular formula is C11H24N2. The summed E-state index contributed by atoms with van der Waals surface area (Å²) in [6.07, 6.45) is 3.74. The first-order chi connectivity index (χ1) is 5.99. The van der Waals surface area contributed by atoms with Gasteiger partial charge in [-0.05, 0) is 58.0 Å². The molecule has 1 aliphatic carbocycles. The first-order valence-electron chi connectivity index (χ1n) is 5.48. The van der Waals surface area contributed by atoms with Gasteiger partial charge in [0.25, 0.3) is 0 Å². The molecule has 1 saturated carbocycles. The summed E-state index contributed by atoms with van der Waals surface area (Å²) in [6, 6.07) is 0. The van der Waals surface area contributed by atoms with Gasteiger partial charge < -0.3 is 11.1 Å². The van der Waals surface area contributed by atoms with Gasteiger partial charge in [-0.15, -0.1) is 0 Å². The van der Waals surface area contributed by atoms with E-state index in [1.807, 2.05) is 0 Å². The molecule has 78 valence electrons. The molecule has 2 unspecified atom stereocenters. The average molecular weight is 184 g/mol. The largest absolute Gasteiger partial charge is 0.326 e. The molecule has 0 amide bonds. The Kier molecular flexibility index (Phi) is 3.74. The predicted molar refractivity (Wildman–Crippen MR) is 57.6 cm³/mol. The molecule has 2 heteroatoms. The molecule has 1 aliphatic rings. The summed E-state index contributed by atoms with van der Waals surface area (Å²) in [5, 5.41) is 3.49. The Morgan fingerprint density at radius 3 is 2.54 bits per heavy atom. The summed E-state index contributed by atoms with van der Waals surface area (Å²) in [6.45, 7) is 8.86. The standard InChI is InChI=1S/C11H24N2/c1-9-7-10(9)8-13-6-4-5-11(2,3)12/h9-10,13H,4-8,12H2,1-3H3. The van der Waals surface area contributed by atoms with Crippen molar-refractivity contribution in [3.8, 4) is 0 Å². The number of nitrogens with two attached hydrogens (primary N) is 1. The van der Waals surface area contributed by atoms with Crippen molar-refractivity contribution in [3.63, 3.8) is 0 Å². The second-order valence-corrected chi connectivity index (χ2v) is 5.27. The molecule has 1 fully saturated rings. The van der Waals surface area contributed by atoms with Crippen LogP contribution in [-0.4, -0.2) is 18.6 Å². The summed E-state index contributed by atoms with van der Waals surface area (Å²) >= 11 is 0. The van der Waals surface area contributed by atoms with Crippen molar-refractivity contribution in [3.05, 3.63) is 0 Å². The minimum absolute atomic E-state index is 0.00848. The molecule has 13 heavy (non-hydrogen) atoms. The topological polar surface area (TPSA) is 38.0 Å². The van der Waals surface area contributed by atoms with Crippen LogP contribution in [0.4, 0.5) is 0 Å². The Balaban J connectivity index is 1.84. The third kappa shape index (κ3) is 5.27. The Morgan fingerprint density at radius 1 is 1.46 bits per heavy atom. The van der Waals surface area contributed by atoms with Gasteiger partial charge in [0.05, 0.1) is 0 Å². The zero-order valence-corrected chi connectivity index (χ0v) is 9.27. The maximum absolute atomic E-state index is 5.88.